The van der Waals surface area contributed by atoms with Gasteiger partial charge in [0.15, 0.2) is 0 Å². The Balaban J connectivity index is 2.36. The lowest BCUT2D eigenvalue weighted by molar-refractivity contribution is 0.198. The van der Waals surface area contributed by atoms with Crippen LogP contribution >= 0.6 is 15.9 Å². The monoisotopic (exact) mass is 362 g/mol. The van der Waals surface area contributed by atoms with Crippen molar-refractivity contribution in [3.05, 3.63) is 22.7 Å². The highest BCUT2D eigenvalue weighted by atomic mass is 79.9. The molecule has 1 aliphatic carbocycles. The van der Waals surface area contributed by atoms with Crippen molar-refractivity contribution in [1.82, 2.24) is 4.31 Å². The van der Waals surface area contributed by atoms with Crippen LogP contribution in [-0.4, -0.2) is 37.0 Å². The Hall–Kier alpha value is -0.630. The van der Waals surface area contributed by atoms with Crippen molar-refractivity contribution in [3.8, 4) is 0 Å². The maximum atomic E-state index is 12.8. The van der Waals surface area contributed by atoms with Gasteiger partial charge in [-0.05, 0) is 37.5 Å². The number of hydrogen-bond donors (Lipinski definition) is 2. The van der Waals surface area contributed by atoms with Gasteiger partial charge in [-0.3, -0.25) is 0 Å². The van der Waals surface area contributed by atoms with Crippen LogP contribution in [0.1, 0.15) is 25.7 Å². The standard InChI is InChI=1S/C13H19BrN2O3S/c14-10-5-6-12(15)13(9-10)20(18,19)16(7-2-8-17)11-3-1-4-11/h5-6,9,11,17H,1-4,7-8,15H2. The zero-order valence-electron chi connectivity index (χ0n) is 11.1. The number of nitrogens with zero attached hydrogens (tertiary/aromatic N) is 1. The van der Waals surface area contributed by atoms with Gasteiger partial charge in [0.05, 0.1) is 5.69 Å². The molecule has 0 radical (unpaired) electrons. The minimum atomic E-state index is -3.62. The highest BCUT2D eigenvalue weighted by Gasteiger charge is 2.35. The molecule has 2 rings (SSSR count). The number of anilines is 1. The van der Waals surface area contributed by atoms with Gasteiger partial charge in [0, 0.05) is 23.7 Å². The van der Waals surface area contributed by atoms with Crippen LogP contribution in [0.15, 0.2) is 27.6 Å². The molecule has 0 aliphatic heterocycles. The van der Waals surface area contributed by atoms with Crippen LogP contribution in [0.5, 0.6) is 0 Å². The lowest BCUT2D eigenvalue weighted by Gasteiger charge is -2.36. The van der Waals surface area contributed by atoms with Gasteiger partial charge in [-0.25, -0.2) is 8.42 Å². The largest absolute Gasteiger partial charge is 0.398 e. The Morgan fingerprint density at radius 1 is 1.40 bits per heavy atom. The number of hydrogen-bond acceptors (Lipinski definition) is 4. The van der Waals surface area contributed by atoms with Crippen molar-refractivity contribution < 1.29 is 13.5 Å². The number of sulfonamides is 1. The quantitative estimate of drug-likeness (QED) is 0.757. The summed E-state index contributed by atoms with van der Waals surface area (Å²) in [5, 5.41) is 8.97. The second kappa shape index (κ2) is 6.43. The molecule has 7 heteroatoms. The fourth-order valence-corrected chi connectivity index (χ4v) is 4.64. The van der Waals surface area contributed by atoms with Crippen LogP contribution in [0.2, 0.25) is 0 Å². The van der Waals surface area contributed by atoms with Crippen molar-refractivity contribution in [2.24, 2.45) is 0 Å². The van der Waals surface area contributed by atoms with E-state index in [1.165, 1.54) is 10.4 Å². The van der Waals surface area contributed by atoms with E-state index in [0.717, 1.165) is 19.3 Å². The SMILES string of the molecule is Nc1ccc(Br)cc1S(=O)(=O)N(CCCO)C1CCC1. The van der Waals surface area contributed by atoms with E-state index in [2.05, 4.69) is 15.9 Å². The van der Waals surface area contributed by atoms with Crippen LogP contribution < -0.4 is 5.73 Å². The second-order valence-electron chi connectivity index (χ2n) is 4.96. The highest BCUT2D eigenvalue weighted by Crippen LogP contribution is 2.33. The Bertz CT molecular complexity index is 573. The maximum Gasteiger partial charge on any atom is 0.245 e. The summed E-state index contributed by atoms with van der Waals surface area (Å²) in [6.45, 7) is 0.308. The summed E-state index contributed by atoms with van der Waals surface area (Å²) in [6.07, 6.45) is 3.23. The summed E-state index contributed by atoms with van der Waals surface area (Å²) in [7, 11) is -3.62. The third kappa shape index (κ3) is 3.16. The van der Waals surface area contributed by atoms with Gasteiger partial charge in [-0.2, -0.15) is 4.31 Å². The van der Waals surface area contributed by atoms with Crippen molar-refractivity contribution in [1.29, 1.82) is 0 Å². The molecule has 0 bridgehead atoms. The minimum absolute atomic E-state index is 0.0211. The van der Waals surface area contributed by atoms with Crippen LogP contribution in [-0.2, 0) is 10.0 Å². The van der Waals surface area contributed by atoms with Gasteiger partial charge in [0.2, 0.25) is 10.0 Å². The van der Waals surface area contributed by atoms with Crippen molar-refractivity contribution >= 4 is 31.6 Å². The van der Waals surface area contributed by atoms with Gasteiger partial charge >= 0.3 is 0 Å². The molecule has 1 aliphatic rings. The summed E-state index contributed by atoms with van der Waals surface area (Å²) in [6, 6.07) is 4.87. The summed E-state index contributed by atoms with van der Waals surface area (Å²) >= 11 is 3.28. The van der Waals surface area contributed by atoms with Gasteiger partial charge in [-0.1, -0.05) is 22.4 Å². The molecule has 5 nitrogen and oxygen atoms in total. The van der Waals surface area contributed by atoms with Crippen LogP contribution in [0.4, 0.5) is 5.69 Å². The number of nitrogens with two attached hydrogens (primary N) is 1. The fraction of sp³-hybridized carbons (Fsp3) is 0.538. The molecule has 112 valence electrons. The maximum absolute atomic E-state index is 12.8. The molecule has 0 amide bonds. The first-order chi connectivity index (χ1) is 9.46. The number of aliphatic hydroxyl groups excluding tert-OH is 1. The van der Waals surface area contributed by atoms with Gasteiger partial charge < -0.3 is 10.8 Å². The van der Waals surface area contributed by atoms with E-state index in [1.54, 1.807) is 12.1 Å². The van der Waals surface area contributed by atoms with E-state index >= 15 is 0 Å². The predicted molar refractivity (Wildman–Crippen MR) is 81.8 cm³/mol. The molecule has 1 fully saturated rings. The molecule has 0 heterocycles. The Labute approximate surface area is 128 Å². The zero-order valence-corrected chi connectivity index (χ0v) is 13.5. The molecule has 0 unspecified atom stereocenters. The summed E-state index contributed by atoms with van der Waals surface area (Å²) in [5.41, 5.74) is 6.08. The molecule has 20 heavy (non-hydrogen) atoms. The normalized spacial score (nSPS) is 16.4. The van der Waals surface area contributed by atoms with E-state index in [1.807, 2.05) is 0 Å². The molecular weight excluding hydrogens is 344 g/mol. The number of benzene rings is 1. The first-order valence-corrected chi connectivity index (χ1v) is 8.88. The average Bonchev–Trinajstić information content (AvgIpc) is 2.34. The first-order valence-electron chi connectivity index (χ1n) is 6.64. The smallest absolute Gasteiger partial charge is 0.245 e. The van der Waals surface area contributed by atoms with Crippen molar-refractivity contribution in [2.45, 2.75) is 36.6 Å². The fourth-order valence-electron chi connectivity index (χ4n) is 2.26. The Kier molecular flexibility index (Phi) is 5.06. The molecule has 0 saturated heterocycles. The molecule has 0 spiro atoms. The number of rotatable bonds is 6. The zero-order chi connectivity index (χ0) is 14.8. The van der Waals surface area contributed by atoms with Crippen LogP contribution in [0, 0.1) is 0 Å². The third-order valence-corrected chi connectivity index (χ3v) is 6.08. The summed E-state index contributed by atoms with van der Waals surface area (Å²) < 4.78 is 27.8. The van der Waals surface area contributed by atoms with E-state index in [9.17, 15) is 8.42 Å². The number of nitrogen functional groups attached to an aromatic ring is 1. The number of halogens is 1. The molecule has 1 saturated carbocycles. The molecule has 0 aromatic heterocycles. The minimum Gasteiger partial charge on any atom is -0.398 e. The molecular formula is C13H19BrN2O3S. The van der Waals surface area contributed by atoms with E-state index in [-0.39, 0.29) is 23.2 Å². The van der Waals surface area contributed by atoms with Crippen LogP contribution in [0.25, 0.3) is 0 Å². The average molecular weight is 363 g/mol. The third-order valence-electron chi connectivity index (χ3n) is 3.58. The van der Waals surface area contributed by atoms with E-state index < -0.39 is 10.0 Å². The van der Waals surface area contributed by atoms with E-state index in [0.29, 0.717) is 17.4 Å². The first kappa shape index (κ1) is 15.8. The van der Waals surface area contributed by atoms with Crippen molar-refractivity contribution in [2.75, 3.05) is 18.9 Å². The highest BCUT2D eigenvalue weighted by molar-refractivity contribution is 9.10. The van der Waals surface area contributed by atoms with Gasteiger partial charge in [0.1, 0.15) is 4.90 Å². The molecule has 3 N–H and O–H groups in total. The van der Waals surface area contributed by atoms with Gasteiger partial charge in [-0.15, -0.1) is 0 Å². The summed E-state index contributed by atoms with van der Waals surface area (Å²) in [5.74, 6) is 0. The van der Waals surface area contributed by atoms with Crippen molar-refractivity contribution in [3.63, 3.8) is 0 Å². The second-order valence-corrected chi connectivity index (χ2v) is 7.73. The van der Waals surface area contributed by atoms with Crippen LogP contribution in [0.3, 0.4) is 0 Å². The number of aliphatic hydroxyl groups is 1. The molecule has 1 aromatic rings. The lowest BCUT2D eigenvalue weighted by Crippen LogP contribution is -2.45. The van der Waals surface area contributed by atoms with E-state index in [4.69, 9.17) is 10.8 Å². The Morgan fingerprint density at radius 2 is 2.10 bits per heavy atom. The molecule has 0 atom stereocenters. The lowest BCUT2D eigenvalue weighted by atomic mass is 9.93. The molecule has 1 aromatic carbocycles. The summed E-state index contributed by atoms with van der Waals surface area (Å²) in [4.78, 5) is 0.136. The topological polar surface area (TPSA) is 83.6 Å². The van der Waals surface area contributed by atoms with Gasteiger partial charge in [0.25, 0.3) is 0 Å². The predicted octanol–water partition coefficient (Wildman–Crippen LogP) is 1.96. The Morgan fingerprint density at radius 3 is 2.65 bits per heavy atom.